The van der Waals surface area contributed by atoms with Crippen molar-refractivity contribution in [2.75, 3.05) is 0 Å². The molecule has 15 heavy (non-hydrogen) atoms. The first-order valence-electron chi connectivity index (χ1n) is 4.80. The second kappa shape index (κ2) is 3.31. The van der Waals surface area contributed by atoms with Crippen LogP contribution in [0, 0.1) is 5.82 Å². The van der Waals surface area contributed by atoms with E-state index in [4.69, 9.17) is 5.73 Å². The number of aliphatic carboxylic acids is 1. The van der Waals surface area contributed by atoms with E-state index in [1.165, 1.54) is 24.3 Å². The number of carboxylic acids is 1. The summed E-state index contributed by atoms with van der Waals surface area (Å²) in [6.07, 6.45) is 0.849. The molecule has 1 fully saturated rings. The molecule has 1 saturated carbocycles. The van der Waals surface area contributed by atoms with E-state index in [2.05, 4.69) is 0 Å². The molecule has 0 spiro atoms. The highest BCUT2D eigenvalue weighted by Gasteiger charge is 2.50. The Labute approximate surface area is 86.7 Å². The molecular weight excluding hydrogens is 197 g/mol. The van der Waals surface area contributed by atoms with Gasteiger partial charge < -0.3 is 10.8 Å². The number of halogens is 1. The van der Waals surface area contributed by atoms with E-state index in [1.807, 2.05) is 0 Å². The molecule has 0 aliphatic heterocycles. The second-order valence-electron chi connectivity index (χ2n) is 4.06. The molecule has 0 amide bonds. The maximum atomic E-state index is 12.7. The zero-order valence-electron chi connectivity index (χ0n) is 8.11. The summed E-state index contributed by atoms with van der Waals surface area (Å²) in [5.41, 5.74) is 5.36. The fourth-order valence-electron chi connectivity index (χ4n) is 2.14. The smallest absolute Gasteiger partial charge is 0.314 e. The summed E-state index contributed by atoms with van der Waals surface area (Å²) in [7, 11) is 0. The van der Waals surface area contributed by atoms with Crippen LogP contribution in [0.25, 0.3) is 0 Å². The molecule has 3 nitrogen and oxygen atoms in total. The first-order valence-corrected chi connectivity index (χ1v) is 4.80. The van der Waals surface area contributed by atoms with Gasteiger partial charge in [0.2, 0.25) is 0 Å². The van der Waals surface area contributed by atoms with Crippen molar-refractivity contribution in [3.05, 3.63) is 35.6 Å². The second-order valence-corrected chi connectivity index (χ2v) is 4.06. The summed E-state index contributed by atoms with van der Waals surface area (Å²) in [6.45, 7) is 0. The van der Waals surface area contributed by atoms with Crippen molar-refractivity contribution in [2.45, 2.75) is 24.3 Å². The van der Waals surface area contributed by atoms with Gasteiger partial charge in [-0.05, 0) is 30.5 Å². The highest BCUT2D eigenvalue weighted by Crippen LogP contribution is 2.43. The predicted octanol–water partition coefficient (Wildman–Crippen LogP) is 1.27. The monoisotopic (exact) mass is 209 g/mol. The third-order valence-corrected chi connectivity index (χ3v) is 3.03. The van der Waals surface area contributed by atoms with E-state index in [-0.39, 0.29) is 11.9 Å². The van der Waals surface area contributed by atoms with Gasteiger partial charge in [0.15, 0.2) is 0 Å². The minimum absolute atomic E-state index is 0.0637. The van der Waals surface area contributed by atoms with Crippen LogP contribution in [0.2, 0.25) is 0 Å². The minimum Gasteiger partial charge on any atom is -0.481 e. The Bertz CT molecular complexity index is 382. The van der Waals surface area contributed by atoms with Gasteiger partial charge in [-0.1, -0.05) is 12.1 Å². The Morgan fingerprint density at radius 1 is 1.40 bits per heavy atom. The summed E-state index contributed by atoms with van der Waals surface area (Å²) in [4.78, 5) is 11.2. The highest BCUT2D eigenvalue weighted by atomic mass is 19.1. The van der Waals surface area contributed by atoms with Crippen LogP contribution in [0.5, 0.6) is 0 Å². The Balaban J connectivity index is 2.34. The van der Waals surface area contributed by atoms with Gasteiger partial charge >= 0.3 is 5.97 Å². The number of carbonyl (C=O) groups is 1. The molecule has 0 radical (unpaired) electrons. The van der Waals surface area contributed by atoms with E-state index in [0.29, 0.717) is 18.4 Å². The van der Waals surface area contributed by atoms with E-state index < -0.39 is 11.4 Å². The van der Waals surface area contributed by atoms with Crippen molar-refractivity contribution in [3.63, 3.8) is 0 Å². The lowest BCUT2D eigenvalue weighted by Crippen LogP contribution is -2.54. The standard InChI is InChI=1S/C11H12FNO2/c12-8-3-1-7(2-4-8)11(10(14)15)5-9(13)6-11/h1-4,9H,5-6,13H2,(H,14,15). The van der Waals surface area contributed by atoms with Gasteiger partial charge in [0, 0.05) is 6.04 Å². The lowest BCUT2D eigenvalue weighted by atomic mass is 9.62. The van der Waals surface area contributed by atoms with Crippen molar-refractivity contribution in [1.82, 2.24) is 0 Å². The van der Waals surface area contributed by atoms with Gasteiger partial charge in [-0.25, -0.2) is 4.39 Å². The maximum Gasteiger partial charge on any atom is 0.314 e. The summed E-state index contributed by atoms with van der Waals surface area (Å²) in [5.74, 6) is -1.24. The summed E-state index contributed by atoms with van der Waals surface area (Å²) < 4.78 is 12.7. The molecular formula is C11H12FNO2. The van der Waals surface area contributed by atoms with Crippen LogP contribution >= 0.6 is 0 Å². The van der Waals surface area contributed by atoms with Gasteiger partial charge in [-0.15, -0.1) is 0 Å². The van der Waals surface area contributed by atoms with Crippen molar-refractivity contribution >= 4 is 5.97 Å². The van der Waals surface area contributed by atoms with Crippen LogP contribution in [-0.4, -0.2) is 17.1 Å². The number of rotatable bonds is 2. The van der Waals surface area contributed by atoms with Crippen molar-refractivity contribution < 1.29 is 14.3 Å². The molecule has 0 atom stereocenters. The summed E-state index contributed by atoms with van der Waals surface area (Å²) in [6, 6.07) is 5.55. The van der Waals surface area contributed by atoms with E-state index in [9.17, 15) is 14.3 Å². The molecule has 1 aromatic carbocycles. The van der Waals surface area contributed by atoms with Gasteiger partial charge in [-0.3, -0.25) is 4.79 Å². The Hall–Kier alpha value is -1.42. The number of nitrogens with two attached hydrogens (primary N) is 1. The van der Waals surface area contributed by atoms with Crippen LogP contribution in [0.1, 0.15) is 18.4 Å². The molecule has 0 bridgehead atoms. The van der Waals surface area contributed by atoms with Crippen LogP contribution in [0.4, 0.5) is 4.39 Å². The molecule has 1 aliphatic carbocycles. The van der Waals surface area contributed by atoms with E-state index in [1.54, 1.807) is 0 Å². The Morgan fingerprint density at radius 3 is 2.33 bits per heavy atom. The fourth-order valence-corrected chi connectivity index (χ4v) is 2.14. The molecule has 0 saturated heterocycles. The third kappa shape index (κ3) is 1.51. The van der Waals surface area contributed by atoms with Crippen molar-refractivity contribution in [2.24, 2.45) is 5.73 Å². The Morgan fingerprint density at radius 2 is 1.93 bits per heavy atom. The normalized spacial score (nSPS) is 29.6. The largest absolute Gasteiger partial charge is 0.481 e. The summed E-state index contributed by atoms with van der Waals surface area (Å²) >= 11 is 0. The van der Waals surface area contributed by atoms with E-state index >= 15 is 0 Å². The van der Waals surface area contributed by atoms with Gasteiger partial charge in [0.1, 0.15) is 5.82 Å². The molecule has 0 aromatic heterocycles. The number of hydrogen-bond acceptors (Lipinski definition) is 2. The average molecular weight is 209 g/mol. The molecule has 3 N–H and O–H groups in total. The lowest BCUT2D eigenvalue weighted by Gasteiger charge is -2.42. The molecule has 4 heteroatoms. The topological polar surface area (TPSA) is 63.3 Å². The Kier molecular flexibility index (Phi) is 2.23. The molecule has 2 rings (SSSR count). The zero-order valence-corrected chi connectivity index (χ0v) is 8.11. The first-order chi connectivity index (χ1) is 7.04. The molecule has 1 aliphatic rings. The first kappa shape index (κ1) is 10.1. The van der Waals surface area contributed by atoms with Crippen LogP contribution in [0.3, 0.4) is 0 Å². The maximum absolute atomic E-state index is 12.7. The molecule has 80 valence electrons. The van der Waals surface area contributed by atoms with Crippen LogP contribution in [-0.2, 0) is 10.2 Å². The molecule has 0 heterocycles. The molecule has 0 unspecified atom stereocenters. The van der Waals surface area contributed by atoms with Crippen LogP contribution in [0.15, 0.2) is 24.3 Å². The average Bonchev–Trinajstić information content (AvgIpc) is 2.13. The molecule has 1 aromatic rings. The predicted molar refractivity (Wildman–Crippen MR) is 52.9 cm³/mol. The van der Waals surface area contributed by atoms with Gasteiger partial charge in [-0.2, -0.15) is 0 Å². The van der Waals surface area contributed by atoms with Crippen molar-refractivity contribution in [3.8, 4) is 0 Å². The quantitative estimate of drug-likeness (QED) is 0.771. The minimum atomic E-state index is -0.896. The van der Waals surface area contributed by atoms with E-state index in [0.717, 1.165) is 0 Å². The third-order valence-electron chi connectivity index (χ3n) is 3.03. The lowest BCUT2D eigenvalue weighted by molar-refractivity contribution is -0.148. The number of carboxylic acid groups (broad SMARTS) is 1. The number of hydrogen-bond donors (Lipinski definition) is 2. The van der Waals surface area contributed by atoms with Crippen LogP contribution < -0.4 is 5.73 Å². The number of benzene rings is 1. The van der Waals surface area contributed by atoms with Gasteiger partial charge in [0.25, 0.3) is 0 Å². The van der Waals surface area contributed by atoms with Crippen molar-refractivity contribution in [1.29, 1.82) is 0 Å². The SMILES string of the molecule is NC1CC(C(=O)O)(c2ccc(F)cc2)C1. The van der Waals surface area contributed by atoms with Gasteiger partial charge in [0.05, 0.1) is 5.41 Å². The summed E-state index contributed by atoms with van der Waals surface area (Å²) in [5, 5.41) is 9.17. The fraction of sp³-hybridized carbons (Fsp3) is 0.364. The zero-order chi connectivity index (χ0) is 11.1. The highest BCUT2D eigenvalue weighted by molar-refractivity contribution is 5.83.